The van der Waals surface area contributed by atoms with Gasteiger partial charge in [-0.15, -0.1) is 11.8 Å². The first-order valence-corrected chi connectivity index (χ1v) is 9.50. The maximum atomic E-state index is 12.3. The number of fused-ring (bicyclic) bond motifs is 1. The molecule has 2 aromatic carbocycles. The number of anilines is 1. The highest BCUT2D eigenvalue weighted by Gasteiger charge is 2.18. The van der Waals surface area contributed by atoms with E-state index in [0.29, 0.717) is 24.7 Å². The highest BCUT2D eigenvalue weighted by Crippen LogP contribution is 2.34. The number of nitrogens with one attached hydrogen (secondary N) is 1. The van der Waals surface area contributed by atoms with E-state index in [0.717, 1.165) is 22.4 Å². The zero-order valence-electron chi connectivity index (χ0n) is 15.1. The number of rotatable bonds is 5. The van der Waals surface area contributed by atoms with Crippen LogP contribution >= 0.6 is 11.8 Å². The molecule has 1 heterocycles. The second kappa shape index (κ2) is 8.30. The van der Waals surface area contributed by atoms with Crippen molar-refractivity contribution in [3.8, 4) is 11.5 Å². The zero-order chi connectivity index (χ0) is 19.4. The molecule has 0 radical (unpaired) electrons. The normalized spacial score (nSPS) is 13.0. The predicted octanol–water partition coefficient (Wildman–Crippen LogP) is 4.10. The molecular formula is C19H20N2O5S. The van der Waals surface area contributed by atoms with Gasteiger partial charge in [0.25, 0.3) is 5.69 Å². The van der Waals surface area contributed by atoms with Gasteiger partial charge in [-0.25, -0.2) is 0 Å². The predicted molar refractivity (Wildman–Crippen MR) is 104 cm³/mol. The largest absolute Gasteiger partial charge is 0.490 e. The van der Waals surface area contributed by atoms with E-state index in [1.54, 1.807) is 13.0 Å². The van der Waals surface area contributed by atoms with Crippen LogP contribution in [-0.2, 0) is 4.79 Å². The first-order chi connectivity index (χ1) is 12.9. The van der Waals surface area contributed by atoms with Crippen molar-refractivity contribution in [3.63, 3.8) is 0 Å². The third-order valence-electron chi connectivity index (χ3n) is 4.17. The highest BCUT2D eigenvalue weighted by atomic mass is 32.2. The minimum atomic E-state index is -0.487. The Morgan fingerprint density at radius 2 is 1.85 bits per heavy atom. The molecule has 2 aromatic rings. The lowest BCUT2D eigenvalue weighted by molar-refractivity contribution is -0.384. The Hall–Kier alpha value is -2.74. The van der Waals surface area contributed by atoms with Gasteiger partial charge in [-0.1, -0.05) is 0 Å². The number of aryl methyl sites for hydroxylation is 2. The number of amides is 1. The van der Waals surface area contributed by atoms with Gasteiger partial charge in [0.1, 0.15) is 5.69 Å². The van der Waals surface area contributed by atoms with Gasteiger partial charge in [-0.05, 0) is 49.2 Å². The molecule has 142 valence electrons. The number of benzene rings is 2. The smallest absolute Gasteiger partial charge is 0.293 e. The summed E-state index contributed by atoms with van der Waals surface area (Å²) in [6.07, 6.45) is 0.828. The molecule has 1 aliphatic heterocycles. The van der Waals surface area contributed by atoms with Crippen LogP contribution in [-0.4, -0.2) is 29.8 Å². The van der Waals surface area contributed by atoms with Crippen LogP contribution in [0, 0.1) is 24.0 Å². The number of thioether (sulfide) groups is 1. The Bertz CT molecular complexity index is 885. The minimum absolute atomic E-state index is 0.105. The molecule has 3 rings (SSSR count). The van der Waals surface area contributed by atoms with Crippen LogP contribution in [0.3, 0.4) is 0 Å². The SMILES string of the molecule is Cc1cc(NC(=O)CSc2ccc3c(c2)OCCCO3)c([N+](=O)[O-])cc1C. The van der Waals surface area contributed by atoms with Crippen molar-refractivity contribution >= 4 is 29.0 Å². The fourth-order valence-electron chi connectivity index (χ4n) is 2.62. The molecule has 0 fully saturated rings. The molecule has 0 aromatic heterocycles. The van der Waals surface area contributed by atoms with E-state index in [2.05, 4.69) is 5.32 Å². The standard InChI is InChI=1S/C19H20N2O5S/c1-12-8-15(16(21(23)24)9-13(12)2)20-19(22)11-27-14-4-5-17-18(10-14)26-7-3-6-25-17/h4-5,8-10H,3,6-7,11H2,1-2H3,(H,20,22). The molecule has 0 aliphatic carbocycles. The number of nitrogens with zero attached hydrogens (tertiary/aromatic N) is 1. The summed E-state index contributed by atoms with van der Waals surface area (Å²) in [5.74, 6) is 1.19. The maximum Gasteiger partial charge on any atom is 0.293 e. The van der Waals surface area contributed by atoms with Gasteiger partial charge in [0.05, 0.1) is 23.9 Å². The molecule has 0 spiro atoms. The van der Waals surface area contributed by atoms with Crippen molar-refractivity contribution in [1.29, 1.82) is 0 Å². The molecule has 27 heavy (non-hydrogen) atoms. The van der Waals surface area contributed by atoms with Crippen molar-refractivity contribution in [3.05, 3.63) is 51.6 Å². The van der Waals surface area contributed by atoms with E-state index in [1.807, 2.05) is 25.1 Å². The molecule has 1 N–H and O–H groups in total. The molecule has 0 atom stereocenters. The monoisotopic (exact) mass is 388 g/mol. The number of nitro benzene ring substituents is 1. The number of carbonyl (C=O) groups is 1. The van der Waals surface area contributed by atoms with Gasteiger partial charge in [-0.2, -0.15) is 0 Å². The summed E-state index contributed by atoms with van der Waals surface area (Å²) in [5, 5.41) is 13.9. The van der Waals surface area contributed by atoms with Crippen molar-refractivity contribution < 1.29 is 19.2 Å². The lowest BCUT2D eigenvalue weighted by atomic mass is 10.1. The van der Waals surface area contributed by atoms with Gasteiger partial charge in [0, 0.05) is 17.4 Å². The molecule has 0 saturated heterocycles. The molecular weight excluding hydrogens is 368 g/mol. The summed E-state index contributed by atoms with van der Waals surface area (Å²) < 4.78 is 11.2. The first-order valence-electron chi connectivity index (χ1n) is 8.52. The van der Waals surface area contributed by atoms with E-state index >= 15 is 0 Å². The van der Waals surface area contributed by atoms with E-state index in [9.17, 15) is 14.9 Å². The third-order valence-corrected chi connectivity index (χ3v) is 5.17. The number of carbonyl (C=O) groups excluding carboxylic acids is 1. The van der Waals surface area contributed by atoms with Gasteiger partial charge in [-0.3, -0.25) is 14.9 Å². The number of hydrogen-bond acceptors (Lipinski definition) is 6. The fraction of sp³-hybridized carbons (Fsp3) is 0.316. The van der Waals surface area contributed by atoms with Crippen LogP contribution in [0.25, 0.3) is 0 Å². The lowest BCUT2D eigenvalue weighted by Gasteiger charge is -2.10. The van der Waals surface area contributed by atoms with Gasteiger partial charge < -0.3 is 14.8 Å². The maximum absolute atomic E-state index is 12.3. The number of ether oxygens (including phenoxy) is 2. The van der Waals surface area contributed by atoms with Gasteiger partial charge >= 0.3 is 0 Å². The number of hydrogen-bond donors (Lipinski definition) is 1. The molecule has 0 unspecified atom stereocenters. The summed E-state index contributed by atoms with van der Waals surface area (Å²) in [6, 6.07) is 8.64. The zero-order valence-corrected chi connectivity index (χ0v) is 15.9. The van der Waals surface area contributed by atoms with Crippen molar-refractivity contribution in [2.75, 3.05) is 24.3 Å². The lowest BCUT2D eigenvalue weighted by Crippen LogP contribution is -2.15. The van der Waals surface area contributed by atoms with Gasteiger partial charge in [0.15, 0.2) is 11.5 Å². The van der Waals surface area contributed by atoms with E-state index in [-0.39, 0.29) is 23.0 Å². The van der Waals surface area contributed by atoms with Crippen LogP contribution in [0.1, 0.15) is 17.5 Å². The van der Waals surface area contributed by atoms with Crippen molar-refractivity contribution in [2.45, 2.75) is 25.2 Å². The Labute approximate surface area is 161 Å². The summed E-state index contributed by atoms with van der Waals surface area (Å²) in [5.41, 5.74) is 1.80. The topological polar surface area (TPSA) is 90.7 Å². The number of nitro groups is 1. The molecule has 8 heteroatoms. The van der Waals surface area contributed by atoms with Crippen molar-refractivity contribution in [1.82, 2.24) is 0 Å². The highest BCUT2D eigenvalue weighted by molar-refractivity contribution is 8.00. The van der Waals surface area contributed by atoms with Crippen LogP contribution < -0.4 is 14.8 Å². The second-order valence-corrected chi connectivity index (χ2v) is 7.26. The Morgan fingerprint density at radius 1 is 1.15 bits per heavy atom. The van der Waals surface area contributed by atoms with Crippen LogP contribution in [0.5, 0.6) is 11.5 Å². The Balaban J connectivity index is 1.66. The van der Waals surface area contributed by atoms with Crippen LogP contribution in [0.4, 0.5) is 11.4 Å². The van der Waals surface area contributed by atoms with E-state index in [1.165, 1.54) is 17.8 Å². The van der Waals surface area contributed by atoms with E-state index < -0.39 is 4.92 Å². The molecule has 1 aliphatic rings. The molecule has 1 amide bonds. The molecule has 0 bridgehead atoms. The minimum Gasteiger partial charge on any atom is -0.490 e. The van der Waals surface area contributed by atoms with E-state index in [4.69, 9.17) is 9.47 Å². The summed E-state index contributed by atoms with van der Waals surface area (Å²) in [6.45, 7) is 4.86. The van der Waals surface area contributed by atoms with Crippen molar-refractivity contribution in [2.24, 2.45) is 0 Å². The molecule has 0 saturated carbocycles. The Morgan fingerprint density at radius 3 is 2.59 bits per heavy atom. The summed E-state index contributed by atoms with van der Waals surface area (Å²) in [4.78, 5) is 23.9. The summed E-state index contributed by atoms with van der Waals surface area (Å²) >= 11 is 1.33. The van der Waals surface area contributed by atoms with Gasteiger partial charge in [0.2, 0.25) is 5.91 Å². The fourth-order valence-corrected chi connectivity index (χ4v) is 3.35. The molecule has 7 nitrogen and oxygen atoms in total. The second-order valence-electron chi connectivity index (χ2n) is 6.21. The average molecular weight is 388 g/mol. The first kappa shape index (κ1) is 19.0. The summed E-state index contributed by atoms with van der Waals surface area (Å²) in [7, 11) is 0. The Kier molecular flexibility index (Phi) is 5.85. The average Bonchev–Trinajstić information content (AvgIpc) is 2.87. The quantitative estimate of drug-likeness (QED) is 0.471. The van der Waals surface area contributed by atoms with Crippen LogP contribution in [0.15, 0.2) is 35.2 Å². The third kappa shape index (κ3) is 4.71. The van der Waals surface area contributed by atoms with Crippen LogP contribution in [0.2, 0.25) is 0 Å².